The molecular weight excluding hydrogens is 166 g/mol. The normalized spacial score (nSPS) is 22.5. The quantitative estimate of drug-likeness (QED) is 0.708. The van der Waals surface area contributed by atoms with Gasteiger partial charge in [0, 0.05) is 0 Å². The molecule has 1 atom stereocenters. The highest BCUT2D eigenvalue weighted by Crippen LogP contribution is 2.21. The molecule has 72 valence electrons. The fourth-order valence-corrected chi connectivity index (χ4v) is 1.24. The van der Waals surface area contributed by atoms with Crippen LogP contribution in [0.15, 0.2) is 16.3 Å². The first-order valence-electron chi connectivity index (χ1n) is 4.48. The molecule has 0 spiro atoms. The van der Waals surface area contributed by atoms with E-state index in [1.807, 2.05) is 6.92 Å². The molecule has 0 bridgehead atoms. The van der Waals surface area contributed by atoms with Crippen molar-refractivity contribution in [1.82, 2.24) is 0 Å². The molecule has 0 heterocycles. The van der Waals surface area contributed by atoms with Crippen LogP contribution in [0.1, 0.15) is 33.6 Å². The summed E-state index contributed by atoms with van der Waals surface area (Å²) in [7, 11) is 0. The van der Waals surface area contributed by atoms with Crippen LogP contribution in [0.4, 0.5) is 0 Å². The molecule has 0 fully saturated rings. The molecule has 1 rings (SSSR count). The van der Waals surface area contributed by atoms with Crippen LogP contribution < -0.4 is 0 Å². The Hall–Kier alpha value is -1.12. The Morgan fingerprint density at radius 2 is 2.15 bits per heavy atom. The predicted molar refractivity (Wildman–Crippen MR) is 52.1 cm³/mol. The lowest BCUT2D eigenvalue weighted by molar-refractivity contribution is -0.117. The zero-order chi connectivity index (χ0) is 10.0. The van der Waals surface area contributed by atoms with Gasteiger partial charge in [-0.1, -0.05) is 0 Å². The summed E-state index contributed by atoms with van der Waals surface area (Å²) in [4.78, 5) is 15.1. The lowest BCUT2D eigenvalue weighted by Gasteiger charge is -2.03. The van der Waals surface area contributed by atoms with Gasteiger partial charge in [0.1, 0.15) is 11.8 Å². The first kappa shape index (κ1) is 9.96. The highest BCUT2D eigenvalue weighted by atomic mass is 16.3. The number of allylic oxidation sites excluding steroid dienone is 2. The minimum atomic E-state index is -0.331. The van der Waals surface area contributed by atoms with Crippen LogP contribution in [0, 0.1) is 0 Å². The van der Waals surface area contributed by atoms with Gasteiger partial charge in [-0.15, -0.1) is 0 Å². The van der Waals surface area contributed by atoms with E-state index in [0.29, 0.717) is 5.71 Å². The van der Waals surface area contributed by atoms with E-state index >= 15 is 0 Å². The Labute approximate surface area is 78.2 Å². The van der Waals surface area contributed by atoms with Crippen molar-refractivity contribution in [2.45, 2.75) is 39.7 Å². The number of aliphatic hydroxyl groups is 1. The standard InChI is InChI=1S/C10H15NO2/c1-6-4-5-9(10(6)13)11-7(2)8(3)12/h7,13H,4-5H2,1-3H3. The smallest absolute Gasteiger partial charge is 0.153 e. The molecule has 1 unspecified atom stereocenters. The molecule has 0 amide bonds. The lowest BCUT2D eigenvalue weighted by Crippen LogP contribution is -2.13. The molecule has 0 aromatic carbocycles. The Balaban J connectivity index is 2.80. The van der Waals surface area contributed by atoms with Crippen LogP contribution in [0.25, 0.3) is 0 Å². The van der Waals surface area contributed by atoms with Crippen LogP contribution in [0.2, 0.25) is 0 Å². The molecule has 1 N–H and O–H groups in total. The zero-order valence-corrected chi connectivity index (χ0v) is 8.29. The monoisotopic (exact) mass is 181 g/mol. The van der Waals surface area contributed by atoms with Crippen LogP contribution >= 0.6 is 0 Å². The average molecular weight is 181 g/mol. The highest BCUT2D eigenvalue weighted by Gasteiger charge is 2.18. The van der Waals surface area contributed by atoms with Crippen molar-refractivity contribution in [3.63, 3.8) is 0 Å². The number of ketones is 1. The van der Waals surface area contributed by atoms with Crippen molar-refractivity contribution in [3.05, 3.63) is 11.3 Å². The Morgan fingerprint density at radius 3 is 2.54 bits per heavy atom. The molecule has 0 aliphatic heterocycles. The number of nitrogens with zero attached hydrogens (tertiary/aromatic N) is 1. The minimum absolute atomic E-state index is 0.0323. The first-order chi connectivity index (χ1) is 6.02. The molecule has 13 heavy (non-hydrogen) atoms. The summed E-state index contributed by atoms with van der Waals surface area (Å²) < 4.78 is 0. The predicted octanol–water partition coefficient (Wildman–Crippen LogP) is 2.03. The second-order valence-corrected chi connectivity index (χ2v) is 3.49. The fraction of sp³-hybridized carbons (Fsp3) is 0.600. The molecule has 3 heteroatoms. The van der Waals surface area contributed by atoms with Gasteiger partial charge >= 0.3 is 0 Å². The topological polar surface area (TPSA) is 49.7 Å². The third-order valence-corrected chi connectivity index (χ3v) is 2.35. The number of aliphatic hydroxyl groups excluding tert-OH is 1. The van der Waals surface area contributed by atoms with E-state index < -0.39 is 0 Å². The summed E-state index contributed by atoms with van der Waals surface area (Å²) in [6, 6.07) is -0.331. The molecule has 0 aromatic rings. The van der Waals surface area contributed by atoms with Gasteiger partial charge in [-0.25, -0.2) is 0 Å². The third kappa shape index (κ3) is 2.17. The van der Waals surface area contributed by atoms with E-state index in [4.69, 9.17) is 0 Å². The second-order valence-electron chi connectivity index (χ2n) is 3.49. The van der Waals surface area contributed by atoms with Crippen molar-refractivity contribution in [2.24, 2.45) is 4.99 Å². The molecule has 1 aliphatic carbocycles. The van der Waals surface area contributed by atoms with Crippen molar-refractivity contribution in [2.75, 3.05) is 0 Å². The maximum atomic E-state index is 10.9. The van der Waals surface area contributed by atoms with Crippen LogP contribution in [0.3, 0.4) is 0 Å². The number of aliphatic imine (C=N–C) groups is 1. The summed E-state index contributed by atoms with van der Waals surface area (Å²) in [5.74, 6) is 0.318. The maximum Gasteiger partial charge on any atom is 0.153 e. The van der Waals surface area contributed by atoms with Gasteiger partial charge in [0.2, 0.25) is 0 Å². The van der Waals surface area contributed by atoms with Crippen molar-refractivity contribution in [3.8, 4) is 0 Å². The largest absolute Gasteiger partial charge is 0.506 e. The minimum Gasteiger partial charge on any atom is -0.506 e. The number of carbonyl (C=O) groups excluding carboxylic acids is 1. The summed E-state index contributed by atoms with van der Waals surface area (Å²) in [6.07, 6.45) is 1.62. The lowest BCUT2D eigenvalue weighted by atomic mass is 10.2. The number of hydrogen-bond acceptors (Lipinski definition) is 3. The van der Waals surface area contributed by atoms with Gasteiger partial charge in [0.25, 0.3) is 0 Å². The summed E-state index contributed by atoms with van der Waals surface area (Å²) >= 11 is 0. The Morgan fingerprint density at radius 1 is 1.54 bits per heavy atom. The molecule has 0 saturated heterocycles. The molecule has 0 saturated carbocycles. The maximum absolute atomic E-state index is 10.9. The van der Waals surface area contributed by atoms with Gasteiger partial charge in [-0.2, -0.15) is 0 Å². The van der Waals surface area contributed by atoms with Crippen molar-refractivity contribution in [1.29, 1.82) is 0 Å². The van der Waals surface area contributed by atoms with E-state index in [-0.39, 0.29) is 17.6 Å². The van der Waals surface area contributed by atoms with Crippen molar-refractivity contribution >= 4 is 11.5 Å². The van der Waals surface area contributed by atoms with Gasteiger partial charge in [0.15, 0.2) is 5.78 Å². The molecule has 1 aliphatic rings. The van der Waals surface area contributed by atoms with Crippen LogP contribution in [-0.4, -0.2) is 22.6 Å². The van der Waals surface area contributed by atoms with E-state index in [9.17, 15) is 9.90 Å². The molecule has 0 radical (unpaired) electrons. The van der Waals surface area contributed by atoms with E-state index in [0.717, 1.165) is 18.4 Å². The van der Waals surface area contributed by atoms with Crippen LogP contribution in [-0.2, 0) is 4.79 Å². The van der Waals surface area contributed by atoms with Crippen LogP contribution in [0.5, 0.6) is 0 Å². The SMILES string of the molecule is CC(=O)C(C)N=C1CCC(C)=C1O. The summed E-state index contributed by atoms with van der Waals surface area (Å²) in [6.45, 7) is 5.14. The molecule has 3 nitrogen and oxygen atoms in total. The Bertz CT molecular complexity index is 289. The number of rotatable bonds is 2. The van der Waals surface area contributed by atoms with E-state index in [2.05, 4.69) is 4.99 Å². The summed E-state index contributed by atoms with van der Waals surface area (Å²) in [5, 5.41) is 9.53. The third-order valence-electron chi connectivity index (χ3n) is 2.35. The van der Waals surface area contributed by atoms with Gasteiger partial charge in [0.05, 0.1) is 5.71 Å². The molecular formula is C10H15NO2. The Kier molecular flexibility index (Phi) is 2.86. The van der Waals surface area contributed by atoms with Gasteiger partial charge < -0.3 is 5.11 Å². The average Bonchev–Trinajstić information content (AvgIpc) is 2.36. The molecule has 0 aromatic heterocycles. The first-order valence-corrected chi connectivity index (χ1v) is 4.48. The summed E-state index contributed by atoms with van der Waals surface area (Å²) in [5.41, 5.74) is 1.65. The van der Waals surface area contributed by atoms with Gasteiger partial charge in [-0.3, -0.25) is 9.79 Å². The number of hydrogen-bond donors (Lipinski definition) is 1. The second kappa shape index (κ2) is 3.73. The number of Topliss-reactive ketones (excluding diaryl/α,β-unsaturated/α-hetero) is 1. The fourth-order valence-electron chi connectivity index (χ4n) is 1.24. The van der Waals surface area contributed by atoms with E-state index in [1.54, 1.807) is 6.92 Å². The van der Waals surface area contributed by atoms with Gasteiger partial charge in [-0.05, 0) is 39.2 Å². The van der Waals surface area contributed by atoms with E-state index in [1.165, 1.54) is 6.92 Å². The number of carbonyl (C=O) groups is 1. The zero-order valence-electron chi connectivity index (χ0n) is 8.29. The van der Waals surface area contributed by atoms with Crippen molar-refractivity contribution < 1.29 is 9.90 Å². The highest BCUT2D eigenvalue weighted by molar-refractivity contribution is 6.02.